The summed E-state index contributed by atoms with van der Waals surface area (Å²) in [7, 11) is 2.06. The van der Waals surface area contributed by atoms with Crippen molar-refractivity contribution in [1.29, 1.82) is 0 Å². The molecule has 0 aliphatic carbocycles. The SMILES string of the molecule is CC(=O)OC(C)(C)C.CCCC.CCCCCN(C)SOc1nc2c(c(N(CCC)CCC)n1)CCN(c1cccc3cccc(Cl)c13)C2.CS. The van der Waals surface area contributed by atoms with E-state index in [1.807, 2.05) is 32.9 Å². The maximum Gasteiger partial charge on any atom is 0.332 e. The van der Waals surface area contributed by atoms with E-state index in [2.05, 4.69) is 92.7 Å². The quantitative estimate of drug-likeness (QED) is 0.0568. The number of hydrogen-bond donors (Lipinski definition) is 1. The van der Waals surface area contributed by atoms with Crippen LogP contribution < -0.4 is 14.0 Å². The van der Waals surface area contributed by atoms with Crippen molar-refractivity contribution < 1.29 is 13.7 Å². The van der Waals surface area contributed by atoms with Gasteiger partial charge in [-0.2, -0.15) is 22.6 Å². The molecule has 1 aliphatic rings. The van der Waals surface area contributed by atoms with Gasteiger partial charge in [0.2, 0.25) is 0 Å². The molecular weight excluding hydrogens is 698 g/mol. The summed E-state index contributed by atoms with van der Waals surface area (Å²) in [5.41, 5.74) is 3.12. The first-order chi connectivity index (χ1) is 24.4. The van der Waals surface area contributed by atoms with E-state index < -0.39 is 0 Å². The zero-order valence-corrected chi connectivity index (χ0v) is 35.8. The van der Waals surface area contributed by atoms with Crippen molar-refractivity contribution in [2.45, 2.75) is 126 Å². The summed E-state index contributed by atoms with van der Waals surface area (Å²) >= 11 is 11.5. The summed E-state index contributed by atoms with van der Waals surface area (Å²) < 4.78 is 13.0. The second kappa shape index (κ2) is 25.6. The van der Waals surface area contributed by atoms with Crippen LogP contribution >= 0.6 is 36.5 Å². The number of carbonyl (C=O) groups is 1. The van der Waals surface area contributed by atoms with Crippen molar-refractivity contribution in [1.82, 2.24) is 14.3 Å². The molecule has 4 rings (SSSR count). The minimum absolute atomic E-state index is 0.225. The van der Waals surface area contributed by atoms with Crippen LogP contribution in [-0.2, 0) is 22.5 Å². The fraction of sp³-hybridized carbons (Fsp3) is 0.625. The molecule has 3 aromatic rings. The van der Waals surface area contributed by atoms with Gasteiger partial charge in [-0.3, -0.25) is 4.79 Å². The van der Waals surface area contributed by atoms with Crippen molar-refractivity contribution in [3.63, 3.8) is 0 Å². The molecule has 0 amide bonds. The van der Waals surface area contributed by atoms with Crippen molar-refractivity contribution in [2.24, 2.45) is 0 Å². The molecule has 0 fully saturated rings. The molecule has 51 heavy (non-hydrogen) atoms. The Bertz CT molecular complexity index is 1410. The van der Waals surface area contributed by atoms with E-state index in [0.717, 1.165) is 84.9 Å². The number of esters is 1. The van der Waals surface area contributed by atoms with Gasteiger partial charge in [-0.05, 0) is 70.2 Å². The smallest absolute Gasteiger partial charge is 0.332 e. The molecule has 0 bridgehead atoms. The Balaban J connectivity index is 0.000000792. The Labute approximate surface area is 325 Å². The molecule has 2 heterocycles. The lowest BCUT2D eigenvalue weighted by atomic mass is 10.0. The van der Waals surface area contributed by atoms with Crippen LogP contribution in [0, 0.1) is 0 Å². The zero-order chi connectivity index (χ0) is 38.4. The second-order valence-corrected chi connectivity index (χ2v) is 14.8. The number of hydrogen-bond acceptors (Lipinski definition) is 10. The van der Waals surface area contributed by atoms with Crippen LogP contribution in [0.15, 0.2) is 36.4 Å². The highest BCUT2D eigenvalue weighted by Gasteiger charge is 2.27. The summed E-state index contributed by atoms with van der Waals surface area (Å²) in [5.74, 6) is 0.811. The lowest BCUT2D eigenvalue weighted by Crippen LogP contribution is -2.35. The van der Waals surface area contributed by atoms with Gasteiger partial charge in [-0.25, -0.2) is 4.31 Å². The van der Waals surface area contributed by atoms with Crippen LogP contribution in [0.1, 0.15) is 119 Å². The van der Waals surface area contributed by atoms with Crippen LogP contribution in [0.3, 0.4) is 0 Å². The number of unbranched alkanes of at least 4 members (excludes halogenated alkanes) is 3. The molecule has 2 aromatic carbocycles. The van der Waals surface area contributed by atoms with Crippen molar-refractivity contribution in [3.8, 4) is 6.01 Å². The predicted molar refractivity (Wildman–Crippen MR) is 226 cm³/mol. The van der Waals surface area contributed by atoms with Crippen LogP contribution in [-0.4, -0.2) is 65.3 Å². The molecule has 1 aliphatic heterocycles. The summed E-state index contributed by atoms with van der Waals surface area (Å²) in [4.78, 5) is 24.9. The number of benzene rings is 2. The molecule has 0 atom stereocenters. The van der Waals surface area contributed by atoms with Gasteiger partial charge in [0.1, 0.15) is 11.4 Å². The zero-order valence-electron chi connectivity index (χ0n) is 33.4. The Hall–Kier alpha value is -2.40. The van der Waals surface area contributed by atoms with E-state index in [1.54, 1.807) is 6.26 Å². The highest BCUT2D eigenvalue weighted by molar-refractivity contribution is 7.92. The minimum Gasteiger partial charge on any atom is -0.460 e. The van der Waals surface area contributed by atoms with E-state index in [9.17, 15) is 4.79 Å². The fourth-order valence-corrected chi connectivity index (χ4v) is 6.20. The maximum atomic E-state index is 10.2. The van der Waals surface area contributed by atoms with E-state index in [-0.39, 0.29) is 11.6 Å². The molecule has 0 saturated heterocycles. The van der Waals surface area contributed by atoms with Gasteiger partial charge in [0, 0.05) is 56.8 Å². The second-order valence-electron chi connectivity index (χ2n) is 13.5. The molecule has 0 N–H and O–H groups in total. The summed E-state index contributed by atoms with van der Waals surface area (Å²) in [6.07, 6.45) is 11.0. The fourth-order valence-electron chi connectivity index (χ4n) is 5.45. The average Bonchev–Trinajstić information content (AvgIpc) is 3.10. The molecule has 0 saturated carbocycles. The minimum atomic E-state index is -0.328. The van der Waals surface area contributed by atoms with Gasteiger partial charge < -0.3 is 18.7 Å². The number of halogens is 1. The monoisotopic (exact) mass is 763 g/mol. The van der Waals surface area contributed by atoms with E-state index in [4.69, 9.17) is 30.5 Å². The number of carbonyl (C=O) groups excluding carboxylic acids is 1. The summed E-state index contributed by atoms with van der Waals surface area (Å²) in [6, 6.07) is 12.9. The third kappa shape index (κ3) is 16.9. The Kier molecular flexibility index (Phi) is 23.4. The highest BCUT2D eigenvalue weighted by Crippen LogP contribution is 2.37. The summed E-state index contributed by atoms with van der Waals surface area (Å²) in [6.45, 7) is 22.5. The normalized spacial score (nSPS) is 12.1. The average molecular weight is 765 g/mol. The van der Waals surface area contributed by atoms with Gasteiger partial charge in [-0.15, -0.1) is 0 Å². The molecule has 288 valence electrons. The van der Waals surface area contributed by atoms with Crippen molar-refractivity contribution in [2.75, 3.05) is 49.3 Å². The maximum absolute atomic E-state index is 10.2. The Morgan fingerprint density at radius 2 is 1.55 bits per heavy atom. The highest BCUT2D eigenvalue weighted by atomic mass is 35.5. The number of ether oxygens (including phenoxy) is 1. The molecule has 11 heteroatoms. The molecular formula is C40H66ClN5O3S2. The first kappa shape index (κ1) is 46.6. The van der Waals surface area contributed by atoms with Gasteiger partial charge in [0.25, 0.3) is 0 Å². The number of fused-ring (bicyclic) bond motifs is 2. The van der Waals surface area contributed by atoms with E-state index in [0.29, 0.717) is 12.6 Å². The van der Waals surface area contributed by atoms with E-state index in [1.165, 1.54) is 50.4 Å². The van der Waals surface area contributed by atoms with Crippen molar-refractivity contribution in [3.05, 3.63) is 52.7 Å². The number of aromatic nitrogens is 2. The van der Waals surface area contributed by atoms with Crippen molar-refractivity contribution >= 4 is 64.7 Å². The van der Waals surface area contributed by atoms with Crippen LogP contribution in [0.5, 0.6) is 6.01 Å². The number of nitrogens with zero attached hydrogens (tertiary/aromatic N) is 5. The van der Waals surface area contributed by atoms with Gasteiger partial charge in [0.15, 0.2) is 12.2 Å². The molecule has 0 spiro atoms. The Morgan fingerprint density at radius 3 is 2.08 bits per heavy atom. The third-order valence-corrected chi connectivity index (χ3v) is 8.72. The topological polar surface area (TPSA) is 71.0 Å². The predicted octanol–water partition coefficient (Wildman–Crippen LogP) is 11.2. The molecule has 1 aromatic heterocycles. The van der Waals surface area contributed by atoms with Gasteiger partial charge >= 0.3 is 12.0 Å². The number of anilines is 2. The molecule has 0 unspecified atom stereocenters. The summed E-state index contributed by atoms with van der Waals surface area (Å²) in [5, 5.41) is 3.04. The molecule has 8 nitrogen and oxygen atoms in total. The lowest BCUT2D eigenvalue weighted by Gasteiger charge is -2.34. The number of rotatable bonds is 14. The first-order valence-corrected chi connectivity index (χ1v) is 20.6. The first-order valence-electron chi connectivity index (χ1n) is 18.7. The lowest BCUT2D eigenvalue weighted by molar-refractivity contribution is -0.151. The van der Waals surface area contributed by atoms with Crippen LogP contribution in [0.2, 0.25) is 5.02 Å². The Morgan fingerprint density at radius 1 is 0.922 bits per heavy atom. The van der Waals surface area contributed by atoms with Crippen LogP contribution in [0.4, 0.5) is 11.5 Å². The number of thiol groups is 1. The molecule has 0 radical (unpaired) electrons. The standard InChI is InChI=1S/C29H40ClN5OS.C6H12O2.C4H10.CH4S/c1-5-8-9-19-33(4)37-36-29-31-25-21-35(26-15-11-13-22-12-10-14-24(30)27(22)26)20-16-23(25)28(32-29)34(17-6-2)18-7-3;1-5(7)8-6(2,3)4;1-3-4-2;1-2/h10-15H,5-9,16-21H2,1-4H3;1-4H3;3-4H2,1-2H3;2H,1H3. The third-order valence-electron chi connectivity index (χ3n) is 7.75. The van der Waals surface area contributed by atoms with Crippen LogP contribution in [0.25, 0.3) is 10.8 Å². The van der Waals surface area contributed by atoms with Gasteiger partial charge in [-0.1, -0.05) is 96.2 Å². The largest absolute Gasteiger partial charge is 0.460 e. The van der Waals surface area contributed by atoms with E-state index >= 15 is 0 Å². The van der Waals surface area contributed by atoms with Gasteiger partial charge in [0.05, 0.1) is 17.3 Å².